The maximum atomic E-state index is 12.7. The molecule has 0 aromatic rings. The molecule has 1 atom stereocenters. The molecule has 0 saturated carbocycles. The molecular weight excluding hydrogens is 314 g/mol. The third-order valence-electron chi connectivity index (χ3n) is 3.79. The Labute approximate surface area is 130 Å². The van der Waals surface area contributed by atoms with Crippen LogP contribution in [0.25, 0.3) is 0 Å². The van der Waals surface area contributed by atoms with Gasteiger partial charge in [0.15, 0.2) is 0 Å². The highest BCUT2D eigenvalue weighted by atomic mass is 32.2. The first kappa shape index (κ1) is 17.0. The molecule has 0 radical (unpaired) electrons. The van der Waals surface area contributed by atoms with E-state index in [9.17, 15) is 13.2 Å². The molecule has 0 bridgehead atoms. The van der Waals surface area contributed by atoms with Crippen LogP contribution in [-0.4, -0.2) is 84.9 Å². The van der Waals surface area contributed by atoms with Gasteiger partial charge in [-0.15, -0.1) is 11.8 Å². The fourth-order valence-corrected chi connectivity index (χ4v) is 5.78. The highest BCUT2D eigenvalue weighted by Crippen LogP contribution is 2.27. The van der Waals surface area contributed by atoms with Gasteiger partial charge in [-0.05, 0) is 13.8 Å². The summed E-state index contributed by atoms with van der Waals surface area (Å²) >= 11 is 1.49. The molecule has 0 aromatic heterocycles. The van der Waals surface area contributed by atoms with Crippen molar-refractivity contribution in [3.05, 3.63) is 0 Å². The number of carbonyl (C=O) groups excluding carboxylic acids is 1. The van der Waals surface area contributed by atoms with E-state index in [1.54, 1.807) is 4.90 Å². The van der Waals surface area contributed by atoms with Crippen LogP contribution in [0.4, 0.5) is 0 Å². The van der Waals surface area contributed by atoms with Crippen LogP contribution >= 0.6 is 11.8 Å². The minimum Gasteiger partial charge on any atom is -0.379 e. The number of morpholine rings is 1. The van der Waals surface area contributed by atoms with Crippen molar-refractivity contribution in [1.82, 2.24) is 13.5 Å². The number of hydrogen-bond donors (Lipinski definition) is 0. The summed E-state index contributed by atoms with van der Waals surface area (Å²) in [6.07, 6.45) is 0. The third-order valence-corrected chi connectivity index (χ3v) is 6.96. The van der Waals surface area contributed by atoms with Gasteiger partial charge >= 0.3 is 0 Å². The zero-order valence-electron chi connectivity index (χ0n) is 12.5. The molecule has 0 N–H and O–H groups in total. The Morgan fingerprint density at radius 2 is 1.90 bits per heavy atom. The second-order valence-corrected chi connectivity index (χ2v) is 7.81. The Hall–Kier alpha value is -0.350. The van der Waals surface area contributed by atoms with Crippen molar-refractivity contribution in [3.63, 3.8) is 0 Å². The van der Waals surface area contributed by atoms with Gasteiger partial charge in [0, 0.05) is 31.9 Å². The molecular formula is C12H23N3O4S2. The Bertz CT molecular complexity index is 461. The average molecular weight is 337 g/mol. The fraction of sp³-hybridized carbons (Fsp3) is 0.917. The van der Waals surface area contributed by atoms with Gasteiger partial charge in [0.25, 0.3) is 10.2 Å². The van der Waals surface area contributed by atoms with Gasteiger partial charge in [0.05, 0.1) is 19.1 Å². The van der Waals surface area contributed by atoms with Crippen LogP contribution in [0.15, 0.2) is 0 Å². The van der Waals surface area contributed by atoms with Crippen LogP contribution < -0.4 is 0 Å². The lowest BCUT2D eigenvalue weighted by Gasteiger charge is -2.33. The van der Waals surface area contributed by atoms with Gasteiger partial charge in [-0.25, -0.2) is 0 Å². The Balaban J connectivity index is 2.15. The summed E-state index contributed by atoms with van der Waals surface area (Å²) in [4.78, 5) is 14.2. The molecule has 122 valence electrons. The van der Waals surface area contributed by atoms with Crippen LogP contribution in [0.3, 0.4) is 0 Å². The Kier molecular flexibility index (Phi) is 5.89. The average Bonchev–Trinajstić information content (AvgIpc) is 2.99. The van der Waals surface area contributed by atoms with E-state index in [0.29, 0.717) is 51.0 Å². The number of thioether (sulfide) groups is 1. The first-order valence-corrected chi connectivity index (χ1v) is 9.78. The van der Waals surface area contributed by atoms with Gasteiger partial charge in [0.1, 0.15) is 6.04 Å². The van der Waals surface area contributed by atoms with Gasteiger partial charge in [-0.1, -0.05) is 0 Å². The van der Waals surface area contributed by atoms with Crippen molar-refractivity contribution in [3.8, 4) is 0 Å². The number of carbonyl (C=O) groups is 1. The standard InChI is InChI=1S/C12H23N3O4S2/c1-3-13(4-2)12(16)11-9-20-10-15(11)21(17,18)14-5-7-19-8-6-14/h11H,3-10H2,1-2H3/t11-/m0/s1. The minimum atomic E-state index is -3.59. The number of amides is 1. The third kappa shape index (κ3) is 3.53. The SMILES string of the molecule is CCN(CC)C(=O)[C@@H]1CSCN1S(=O)(=O)N1CCOCC1. The van der Waals surface area contributed by atoms with E-state index in [1.165, 1.54) is 20.4 Å². The fourth-order valence-electron chi connectivity index (χ4n) is 2.52. The predicted molar refractivity (Wildman–Crippen MR) is 82.2 cm³/mol. The van der Waals surface area contributed by atoms with Crippen LogP contribution in [0, 0.1) is 0 Å². The molecule has 7 nitrogen and oxygen atoms in total. The highest BCUT2D eigenvalue weighted by Gasteiger charge is 2.43. The predicted octanol–water partition coefficient (Wildman–Crippen LogP) is -0.193. The molecule has 2 rings (SSSR count). The van der Waals surface area contributed by atoms with Crippen LogP contribution in [-0.2, 0) is 19.7 Å². The minimum absolute atomic E-state index is 0.0955. The monoisotopic (exact) mass is 337 g/mol. The lowest BCUT2D eigenvalue weighted by atomic mass is 10.3. The largest absolute Gasteiger partial charge is 0.379 e. The summed E-state index contributed by atoms with van der Waals surface area (Å²) in [5.74, 6) is 0.776. The first-order valence-electron chi connectivity index (χ1n) is 7.23. The molecule has 0 aromatic carbocycles. The van der Waals surface area contributed by atoms with Crippen molar-refractivity contribution >= 4 is 27.9 Å². The Morgan fingerprint density at radius 3 is 2.48 bits per heavy atom. The zero-order chi connectivity index (χ0) is 15.5. The van der Waals surface area contributed by atoms with E-state index < -0.39 is 16.3 Å². The molecule has 2 aliphatic heterocycles. The number of rotatable bonds is 5. The van der Waals surface area contributed by atoms with Gasteiger partial charge in [-0.3, -0.25) is 4.79 Å². The van der Waals surface area contributed by atoms with Crippen LogP contribution in [0.2, 0.25) is 0 Å². The lowest BCUT2D eigenvalue weighted by molar-refractivity contribution is -0.133. The van der Waals surface area contributed by atoms with Crippen molar-refractivity contribution in [2.24, 2.45) is 0 Å². The molecule has 2 saturated heterocycles. The summed E-state index contributed by atoms with van der Waals surface area (Å²) in [6, 6.07) is -0.581. The number of nitrogens with zero attached hydrogens (tertiary/aromatic N) is 3. The quantitative estimate of drug-likeness (QED) is 0.695. The molecule has 21 heavy (non-hydrogen) atoms. The smallest absolute Gasteiger partial charge is 0.283 e. The number of likely N-dealkylation sites (N-methyl/N-ethyl adjacent to an activating group) is 1. The van der Waals surface area contributed by atoms with E-state index in [0.717, 1.165) is 0 Å². The van der Waals surface area contributed by atoms with Gasteiger partial charge in [0.2, 0.25) is 5.91 Å². The zero-order valence-corrected chi connectivity index (χ0v) is 14.2. The molecule has 0 aliphatic carbocycles. The van der Waals surface area contributed by atoms with Gasteiger partial charge in [-0.2, -0.15) is 17.0 Å². The summed E-state index contributed by atoms with van der Waals surface area (Å²) in [5.41, 5.74) is 0. The number of ether oxygens (including phenoxy) is 1. The van der Waals surface area contributed by atoms with Crippen molar-refractivity contribution in [1.29, 1.82) is 0 Å². The molecule has 2 heterocycles. The van der Waals surface area contributed by atoms with E-state index in [4.69, 9.17) is 4.74 Å². The molecule has 0 unspecified atom stereocenters. The second kappa shape index (κ2) is 7.28. The topological polar surface area (TPSA) is 70.2 Å². The van der Waals surface area contributed by atoms with Crippen LogP contribution in [0.5, 0.6) is 0 Å². The molecule has 2 aliphatic rings. The summed E-state index contributed by atoms with van der Waals surface area (Å²) in [7, 11) is -3.59. The summed E-state index contributed by atoms with van der Waals surface area (Å²) in [6.45, 7) is 6.55. The maximum Gasteiger partial charge on any atom is 0.283 e. The molecule has 0 spiro atoms. The first-order chi connectivity index (χ1) is 10.0. The van der Waals surface area contributed by atoms with Crippen LogP contribution in [0.1, 0.15) is 13.8 Å². The second-order valence-electron chi connectivity index (χ2n) is 4.93. The van der Waals surface area contributed by atoms with Crippen molar-refractivity contribution in [2.75, 3.05) is 51.0 Å². The van der Waals surface area contributed by atoms with E-state index >= 15 is 0 Å². The van der Waals surface area contributed by atoms with E-state index in [-0.39, 0.29) is 5.91 Å². The van der Waals surface area contributed by atoms with E-state index in [1.807, 2.05) is 13.8 Å². The van der Waals surface area contributed by atoms with Crippen molar-refractivity contribution < 1.29 is 17.9 Å². The lowest BCUT2D eigenvalue weighted by Crippen LogP contribution is -2.54. The molecule has 9 heteroatoms. The highest BCUT2D eigenvalue weighted by molar-refractivity contribution is 8.00. The number of hydrogen-bond acceptors (Lipinski definition) is 5. The maximum absolute atomic E-state index is 12.7. The normalized spacial score (nSPS) is 25.1. The van der Waals surface area contributed by atoms with Gasteiger partial charge < -0.3 is 9.64 Å². The molecule has 1 amide bonds. The van der Waals surface area contributed by atoms with E-state index in [2.05, 4.69) is 0 Å². The van der Waals surface area contributed by atoms with Crippen molar-refractivity contribution in [2.45, 2.75) is 19.9 Å². The summed E-state index contributed by atoms with van der Waals surface area (Å²) < 4.78 is 33.4. The Morgan fingerprint density at radius 1 is 1.29 bits per heavy atom. The summed E-state index contributed by atoms with van der Waals surface area (Å²) in [5, 5.41) is 0. The molecule has 2 fully saturated rings.